The highest BCUT2D eigenvalue weighted by atomic mass is 16.1. The van der Waals surface area contributed by atoms with Gasteiger partial charge in [0.1, 0.15) is 0 Å². The summed E-state index contributed by atoms with van der Waals surface area (Å²) in [5.41, 5.74) is 13.7. The highest BCUT2D eigenvalue weighted by molar-refractivity contribution is 6.22. The standard InChI is InChI=1S/C61H41NO/c63-61-55-28-12-9-25-51(55)56-38-47(31-34-58(56)62(61)50-32-29-42-19-7-8-20-45(42)37-50)46-30-33-54-57(39-46)60(49-24-14-22-44(36-49)41-17-5-2-6-18-41)53-27-11-10-26-52(53)59(54)48-23-13-21-43(35-48)40-15-3-1-4-16-40/h1,3-5,7-39H,2,6H2. The lowest BCUT2D eigenvalue weighted by molar-refractivity contribution is 1.04. The van der Waals surface area contributed by atoms with Crippen molar-refractivity contribution >= 4 is 59.6 Å². The lowest BCUT2D eigenvalue weighted by Crippen LogP contribution is -2.19. The van der Waals surface area contributed by atoms with Crippen molar-refractivity contribution in [2.45, 2.75) is 12.8 Å². The molecule has 0 bridgehead atoms. The molecule has 0 saturated carbocycles. The van der Waals surface area contributed by atoms with E-state index in [0.29, 0.717) is 5.39 Å². The second kappa shape index (κ2) is 15.1. The van der Waals surface area contributed by atoms with Gasteiger partial charge in [-0.3, -0.25) is 9.36 Å². The molecule has 63 heavy (non-hydrogen) atoms. The van der Waals surface area contributed by atoms with Crippen LogP contribution in [0.3, 0.4) is 0 Å². The number of rotatable bonds is 6. The number of allylic oxidation sites excluding steroid dienone is 4. The molecular formula is C61H41NO. The van der Waals surface area contributed by atoms with Crippen LogP contribution in [0.5, 0.6) is 0 Å². The Kier molecular flexibility index (Phi) is 8.83. The molecule has 1 heterocycles. The normalized spacial score (nSPS) is 12.7. The van der Waals surface area contributed by atoms with E-state index in [1.54, 1.807) is 0 Å². The van der Waals surface area contributed by atoms with Crippen LogP contribution in [0.25, 0.3) is 110 Å². The minimum absolute atomic E-state index is 0.0195. The third kappa shape index (κ3) is 6.30. The van der Waals surface area contributed by atoms with Crippen LogP contribution in [-0.2, 0) is 0 Å². The van der Waals surface area contributed by atoms with Crippen LogP contribution >= 0.6 is 0 Å². The summed E-state index contributed by atoms with van der Waals surface area (Å²) in [6.45, 7) is 0. The van der Waals surface area contributed by atoms with Crippen molar-refractivity contribution < 1.29 is 0 Å². The summed E-state index contributed by atoms with van der Waals surface area (Å²) in [7, 11) is 0. The lowest BCUT2D eigenvalue weighted by Gasteiger charge is -2.20. The average Bonchev–Trinajstić information content (AvgIpc) is 3.36. The first-order chi connectivity index (χ1) is 31.2. The minimum Gasteiger partial charge on any atom is -0.276 e. The molecule has 0 radical (unpaired) electrons. The van der Waals surface area contributed by atoms with Gasteiger partial charge in [0.2, 0.25) is 0 Å². The number of nitrogens with zero attached hydrogens (tertiary/aromatic N) is 1. The molecule has 1 aliphatic carbocycles. The van der Waals surface area contributed by atoms with E-state index < -0.39 is 0 Å². The van der Waals surface area contributed by atoms with Gasteiger partial charge >= 0.3 is 0 Å². The van der Waals surface area contributed by atoms with Crippen LogP contribution in [0.1, 0.15) is 18.4 Å². The summed E-state index contributed by atoms with van der Waals surface area (Å²) in [4.78, 5) is 14.4. The van der Waals surface area contributed by atoms with E-state index in [0.717, 1.165) is 56.7 Å². The molecule has 0 fully saturated rings. The van der Waals surface area contributed by atoms with Gasteiger partial charge in [0.25, 0.3) is 5.56 Å². The van der Waals surface area contributed by atoms with Gasteiger partial charge in [-0.1, -0.05) is 176 Å². The fraction of sp³-hybridized carbons (Fsp3) is 0.0328. The quantitative estimate of drug-likeness (QED) is 0.121. The molecular weight excluding hydrogens is 763 g/mol. The number of fused-ring (bicyclic) bond motifs is 6. The summed E-state index contributed by atoms with van der Waals surface area (Å²) in [6.07, 6.45) is 9.05. The highest BCUT2D eigenvalue weighted by Crippen LogP contribution is 2.46. The van der Waals surface area contributed by atoms with E-state index in [2.05, 4.69) is 194 Å². The predicted molar refractivity (Wildman–Crippen MR) is 268 cm³/mol. The molecule has 0 aliphatic heterocycles. The first-order valence-electron chi connectivity index (χ1n) is 21.9. The third-order valence-electron chi connectivity index (χ3n) is 13.0. The van der Waals surface area contributed by atoms with Crippen molar-refractivity contribution in [3.63, 3.8) is 0 Å². The van der Waals surface area contributed by atoms with Crippen molar-refractivity contribution in [3.05, 3.63) is 240 Å². The van der Waals surface area contributed by atoms with E-state index in [9.17, 15) is 4.79 Å². The van der Waals surface area contributed by atoms with Crippen molar-refractivity contribution in [1.82, 2.24) is 4.57 Å². The van der Waals surface area contributed by atoms with Crippen molar-refractivity contribution in [2.24, 2.45) is 0 Å². The van der Waals surface area contributed by atoms with E-state index in [1.807, 2.05) is 34.9 Å². The van der Waals surface area contributed by atoms with Crippen molar-refractivity contribution in [3.8, 4) is 50.2 Å². The topological polar surface area (TPSA) is 22.0 Å². The van der Waals surface area contributed by atoms with Gasteiger partial charge in [0, 0.05) is 16.5 Å². The Morgan fingerprint density at radius 1 is 0.349 bits per heavy atom. The summed E-state index contributed by atoms with van der Waals surface area (Å²) in [5, 5.41) is 9.78. The SMILES string of the molecule is O=c1c2ccccc2c2cc(-c3ccc4c(-c5cccc(-c6ccccc6)c5)c5ccccc5c(-c5cccc(C6=CCCC=C6)c5)c4c3)ccc2n1-c1ccc2ccccc2c1. The lowest BCUT2D eigenvalue weighted by atomic mass is 9.83. The van der Waals surface area contributed by atoms with E-state index >= 15 is 0 Å². The molecule has 296 valence electrons. The Morgan fingerprint density at radius 3 is 1.68 bits per heavy atom. The van der Waals surface area contributed by atoms with Crippen molar-refractivity contribution in [1.29, 1.82) is 0 Å². The predicted octanol–water partition coefficient (Wildman–Crippen LogP) is 16.0. The average molecular weight is 804 g/mol. The third-order valence-corrected chi connectivity index (χ3v) is 13.0. The maximum absolute atomic E-state index is 14.4. The minimum atomic E-state index is -0.0195. The Hall–Kier alpha value is -8.07. The second-order valence-corrected chi connectivity index (χ2v) is 16.7. The molecule has 0 N–H and O–H groups in total. The molecule has 0 saturated heterocycles. The number of benzene rings is 10. The summed E-state index contributed by atoms with van der Waals surface area (Å²) in [6, 6.07) is 73.9. The fourth-order valence-electron chi connectivity index (χ4n) is 9.98. The van der Waals surface area contributed by atoms with Crippen LogP contribution in [0.15, 0.2) is 229 Å². The molecule has 2 heteroatoms. The van der Waals surface area contributed by atoms with Gasteiger partial charge in [-0.15, -0.1) is 0 Å². The van der Waals surface area contributed by atoms with Crippen LogP contribution < -0.4 is 5.56 Å². The Labute approximate surface area is 366 Å². The molecule has 0 amide bonds. The fourth-order valence-corrected chi connectivity index (χ4v) is 9.98. The van der Waals surface area contributed by atoms with E-state index in [1.165, 1.54) is 66.1 Å². The summed E-state index contributed by atoms with van der Waals surface area (Å²) < 4.78 is 1.89. The highest BCUT2D eigenvalue weighted by Gasteiger charge is 2.20. The maximum Gasteiger partial charge on any atom is 0.263 e. The van der Waals surface area contributed by atoms with Gasteiger partial charge in [0.05, 0.1) is 5.52 Å². The van der Waals surface area contributed by atoms with Gasteiger partial charge in [-0.25, -0.2) is 0 Å². The van der Waals surface area contributed by atoms with Gasteiger partial charge < -0.3 is 0 Å². The second-order valence-electron chi connectivity index (χ2n) is 16.7. The van der Waals surface area contributed by atoms with Crippen LogP contribution in [0, 0.1) is 0 Å². The van der Waals surface area contributed by atoms with Crippen molar-refractivity contribution in [2.75, 3.05) is 0 Å². The molecule has 1 aliphatic rings. The van der Waals surface area contributed by atoms with Gasteiger partial charge in [-0.2, -0.15) is 0 Å². The Balaban J connectivity index is 1.12. The molecule has 0 spiro atoms. The zero-order valence-electron chi connectivity index (χ0n) is 34.6. The largest absolute Gasteiger partial charge is 0.276 e. The van der Waals surface area contributed by atoms with E-state index in [4.69, 9.17) is 0 Å². The number of pyridine rings is 1. The number of hydrogen-bond acceptors (Lipinski definition) is 1. The molecule has 1 aromatic heterocycles. The molecule has 0 unspecified atom stereocenters. The smallest absolute Gasteiger partial charge is 0.263 e. The van der Waals surface area contributed by atoms with Gasteiger partial charge in [0.15, 0.2) is 0 Å². The first kappa shape index (κ1) is 36.8. The molecule has 12 rings (SSSR count). The van der Waals surface area contributed by atoms with Crippen LogP contribution in [-0.4, -0.2) is 4.57 Å². The summed E-state index contributed by atoms with van der Waals surface area (Å²) >= 11 is 0. The first-order valence-corrected chi connectivity index (χ1v) is 21.9. The van der Waals surface area contributed by atoms with Gasteiger partial charge in [-0.05, 0) is 155 Å². The molecule has 0 atom stereocenters. The molecule has 10 aromatic carbocycles. The van der Waals surface area contributed by atoms with E-state index in [-0.39, 0.29) is 5.56 Å². The molecule has 11 aromatic rings. The number of hydrogen-bond donors (Lipinski definition) is 0. The Morgan fingerprint density at radius 2 is 0.921 bits per heavy atom. The summed E-state index contributed by atoms with van der Waals surface area (Å²) in [5.74, 6) is 0. The van der Waals surface area contributed by atoms with Crippen LogP contribution in [0.4, 0.5) is 0 Å². The zero-order valence-corrected chi connectivity index (χ0v) is 34.6. The monoisotopic (exact) mass is 803 g/mol. The van der Waals surface area contributed by atoms with Crippen LogP contribution in [0.2, 0.25) is 0 Å². The molecule has 2 nitrogen and oxygen atoms in total. The maximum atomic E-state index is 14.4. The number of aromatic nitrogens is 1. The Bertz CT molecular complexity index is 3760. The zero-order chi connectivity index (χ0) is 41.9.